The van der Waals surface area contributed by atoms with Crippen LogP contribution in [0.25, 0.3) is 0 Å². The van der Waals surface area contributed by atoms with E-state index in [2.05, 4.69) is 10.6 Å². The zero-order valence-electron chi connectivity index (χ0n) is 8.01. The second-order valence-electron chi connectivity index (χ2n) is 2.89. The Kier molecular flexibility index (Phi) is 4.26. The largest absolute Gasteiger partial charge is 0.341 e. The van der Waals surface area contributed by atoms with Crippen LogP contribution in [0.5, 0.6) is 0 Å². The first-order valence-corrected chi connectivity index (χ1v) is 4.80. The number of carbonyl (C=O) groups excluding carboxylic acids is 1. The van der Waals surface area contributed by atoms with Crippen molar-refractivity contribution in [1.29, 1.82) is 0 Å². The summed E-state index contributed by atoms with van der Waals surface area (Å²) in [5, 5.41) is 5.92. The molecule has 0 saturated carbocycles. The van der Waals surface area contributed by atoms with E-state index in [-0.39, 0.29) is 6.03 Å². The fourth-order valence-electron chi connectivity index (χ4n) is 1.10. The minimum Gasteiger partial charge on any atom is -0.341 e. The van der Waals surface area contributed by atoms with Gasteiger partial charge in [0.15, 0.2) is 0 Å². The average Bonchev–Trinajstić information content (AvgIpc) is 2.17. The number of hydrogen-bond acceptors (Lipinski definition) is 1. The standard InChI is InChI=1S/C10H13ClN2O/c1-12-10(14)13-6-5-8-3-2-4-9(11)7-8/h2-4,7H,5-6H2,1H3,(H2,12,13,14). The van der Waals surface area contributed by atoms with Gasteiger partial charge in [0.1, 0.15) is 0 Å². The van der Waals surface area contributed by atoms with Gasteiger partial charge < -0.3 is 10.6 Å². The molecule has 0 heterocycles. The van der Waals surface area contributed by atoms with Gasteiger partial charge in [-0.2, -0.15) is 0 Å². The SMILES string of the molecule is CNC(=O)NCCc1cccc(Cl)c1. The van der Waals surface area contributed by atoms with E-state index in [9.17, 15) is 4.79 Å². The van der Waals surface area contributed by atoms with Gasteiger partial charge in [-0.1, -0.05) is 23.7 Å². The van der Waals surface area contributed by atoms with Gasteiger partial charge >= 0.3 is 6.03 Å². The van der Waals surface area contributed by atoms with Crippen molar-refractivity contribution in [2.45, 2.75) is 6.42 Å². The predicted octanol–water partition coefficient (Wildman–Crippen LogP) is 1.81. The molecule has 0 saturated heterocycles. The molecule has 76 valence electrons. The van der Waals surface area contributed by atoms with Crippen molar-refractivity contribution >= 4 is 17.6 Å². The van der Waals surface area contributed by atoms with Crippen molar-refractivity contribution in [1.82, 2.24) is 10.6 Å². The molecule has 0 aliphatic rings. The van der Waals surface area contributed by atoms with Crippen LogP contribution < -0.4 is 10.6 Å². The lowest BCUT2D eigenvalue weighted by Crippen LogP contribution is -2.33. The third-order valence-electron chi connectivity index (χ3n) is 1.82. The minimum absolute atomic E-state index is 0.160. The molecule has 0 atom stereocenters. The molecule has 0 bridgehead atoms. The van der Waals surface area contributed by atoms with E-state index in [1.165, 1.54) is 0 Å². The summed E-state index contributed by atoms with van der Waals surface area (Å²) in [4.78, 5) is 10.8. The molecule has 0 radical (unpaired) electrons. The van der Waals surface area contributed by atoms with Gasteiger partial charge in [0, 0.05) is 18.6 Å². The fraction of sp³-hybridized carbons (Fsp3) is 0.300. The molecule has 1 aromatic carbocycles. The Balaban J connectivity index is 2.35. The topological polar surface area (TPSA) is 41.1 Å². The highest BCUT2D eigenvalue weighted by molar-refractivity contribution is 6.30. The highest BCUT2D eigenvalue weighted by Crippen LogP contribution is 2.10. The van der Waals surface area contributed by atoms with Crippen LogP contribution in [0.3, 0.4) is 0 Å². The van der Waals surface area contributed by atoms with Crippen LogP contribution in [-0.4, -0.2) is 19.6 Å². The van der Waals surface area contributed by atoms with Crippen molar-refractivity contribution < 1.29 is 4.79 Å². The van der Waals surface area contributed by atoms with Crippen LogP contribution in [0, 0.1) is 0 Å². The minimum atomic E-state index is -0.160. The Morgan fingerprint density at radius 1 is 1.50 bits per heavy atom. The quantitative estimate of drug-likeness (QED) is 0.789. The molecule has 0 aliphatic carbocycles. The summed E-state index contributed by atoms with van der Waals surface area (Å²) >= 11 is 5.81. The molecular weight excluding hydrogens is 200 g/mol. The number of carbonyl (C=O) groups is 1. The summed E-state index contributed by atoms with van der Waals surface area (Å²) in [6.45, 7) is 0.611. The fourth-order valence-corrected chi connectivity index (χ4v) is 1.31. The highest BCUT2D eigenvalue weighted by Gasteiger charge is 1.96. The smallest absolute Gasteiger partial charge is 0.314 e. The number of amides is 2. The van der Waals surface area contributed by atoms with E-state index in [4.69, 9.17) is 11.6 Å². The van der Waals surface area contributed by atoms with E-state index >= 15 is 0 Å². The molecule has 1 rings (SSSR count). The van der Waals surface area contributed by atoms with Crippen LogP contribution in [0.4, 0.5) is 4.79 Å². The van der Waals surface area contributed by atoms with Gasteiger partial charge in [0.25, 0.3) is 0 Å². The average molecular weight is 213 g/mol. The Morgan fingerprint density at radius 3 is 2.93 bits per heavy atom. The predicted molar refractivity (Wildman–Crippen MR) is 57.6 cm³/mol. The van der Waals surface area contributed by atoms with Crippen molar-refractivity contribution in [2.24, 2.45) is 0 Å². The maximum absolute atomic E-state index is 10.8. The molecule has 2 N–H and O–H groups in total. The molecule has 0 unspecified atom stereocenters. The number of benzene rings is 1. The molecule has 4 heteroatoms. The first-order chi connectivity index (χ1) is 6.72. The summed E-state index contributed by atoms with van der Waals surface area (Å²) in [5.41, 5.74) is 1.12. The number of hydrogen-bond donors (Lipinski definition) is 2. The molecule has 3 nitrogen and oxygen atoms in total. The molecule has 14 heavy (non-hydrogen) atoms. The third kappa shape index (κ3) is 3.66. The number of urea groups is 1. The van der Waals surface area contributed by atoms with Crippen LogP contribution in [-0.2, 0) is 6.42 Å². The lowest BCUT2D eigenvalue weighted by atomic mass is 10.1. The highest BCUT2D eigenvalue weighted by atomic mass is 35.5. The van der Waals surface area contributed by atoms with Crippen LogP contribution >= 0.6 is 11.6 Å². The third-order valence-corrected chi connectivity index (χ3v) is 2.05. The van der Waals surface area contributed by atoms with Gasteiger partial charge in [-0.15, -0.1) is 0 Å². The number of halogens is 1. The van der Waals surface area contributed by atoms with E-state index in [1.54, 1.807) is 7.05 Å². The summed E-state index contributed by atoms with van der Waals surface area (Å²) < 4.78 is 0. The Morgan fingerprint density at radius 2 is 2.29 bits per heavy atom. The molecule has 0 aliphatic heterocycles. The lowest BCUT2D eigenvalue weighted by molar-refractivity contribution is 0.243. The second-order valence-corrected chi connectivity index (χ2v) is 3.32. The van der Waals surface area contributed by atoms with E-state index in [1.807, 2.05) is 24.3 Å². The van der Waals surface area contributed by atoms with Crippen LogP contribution in [0.1, 0.15) is 5.56 Å². The van der Waals surface area contributed by atoms with Gasteiger partial charge in [-0.25, -0.2) is 4.79 Å². The van der Waals surface area contributed by atoms with E-state index in [0.717, 1.165) is 17.0 Å². The van der Waals surface area contributed by atoms with Gasteiger partial charge in [-0.05, 0) is 24.1 Å². The van der Waals surface area contributed by atoms with E-state index in [0.29, 0.717) is 6.54 Å². The first kappa shape index (κ1) is 10.9. The van der Waals surface area contributed by atoms with Gasteiger partial charge in [0.05, 0.1) is 0 Å². The Hall–Kier alpha value is -1.22. The van der Waals surface area contributed by atoms with Gasteiger partial charge in [0.2, 0.25) is 0 Å². The summed E-state index contributed by atoms with van der Waals surface area (Å²) in [5.74, 6) is 0. The van der Waals surface area contributed by atoms with Crippen molar-refractivity contribution in [3.8, 4) is 0 Å². The Bertz CT molecular complexity index is 315. The van der Waals surface area contributed by atoms with Crippen LogP contribution in [0.15, 0.2) is 24.3 Å². The zero-order valence-corrected chi connectivity index (χ0v) is 8.77. The summed E-state index contributed by atoms with van der Waals surface area (Å²) in [6, 6.07) is 7.45. The monoisotopic (exact) mass is 212 g/mol. The Labute approximate surface area is 88.5 Å². The molecular formula is C10H13ClN2O. The van der Waals surface area contributed by atoms with Crippen LogP contribution in [0.2, 0.25) is 5.02 Å². The molecule has 0 aromatic heterocycles. The van der Waals surface area contributed by atoms with E-state index < -0.39 is 0 Å². The first-order valence-electron chi connectivity index (χ1n) is 4.42. The molecule has 0 fully saturated rings. The summed E-state index contributed by atoms with van der Waals surface area (Å²) in [7, 11) is 1.59. The van der Waals surface area contributed by atoms with Gasteiger partial charge in [-0.3, -0.25) is 0 Å². The maximum atomic E-state index is 10.8. The van der Waals surface area contributed by atoms with Crippen molar-refractivity contribution in [2.75, 3.05) is 13.6 Å². The molecule has 0 spiro atoms. The molecule has 1 aromatic rings. The zero-order chi connectivity index (χ0) is 10.4. The summed E-state index contributed by atoms with van der Waals surface area (Å²) in [6.07, 6.45) is 0.786. The lowest BCUT2D eigenvalue weighted by Gasteiger charge is -2.04. The van der Waals surface area contributed by atoms with Crippen molar-refractivity contribution in [3.05, 3.63) is 34.9 Å². The molecule has 2 amide bonds. The normalized spacial score (nSPS) is 9.57. The van der Waals surface area contributed by atoms with Crippen molar-refractivity contribution in [3.63, 3.8) is 0 Å². The second kappa shape index (κ2) is 5.50. The maximum Gasteiger partial charge on any atom is 0.314 e. The number of nitrogens with one attached hydrogen (secondary N) is 2. The number of rotatable bonds is 3.